The van der Waals surface area contributed by atoms with E-state index in [9.17, 15) is 8.42 Å². The van der Waals surface area contributed by atoms with Gasteiger partial charge in [0.05, 0.1) is 12.5 Å². The Bertz CT molecular complexity index is 1010. The van der Waals surface area contributed by atoms with Crippen molar-refractivity contribution in [3.63, 3.8) is 0 Å². The summed E-state index contributed by atoms with van der Waals surface area (Å²) >= 11 is 0. The van der Waals surface area contributed by atoms with E-state index < -0.39 is 10.0 Å². The summed E-state index contributed by atoms with van der Waals surface area (Å²) in [5.41, 5.74) is 4.83. The molecule has 0 radical (unpaired) electrons. The normalized spacial score (nSPS) is 12.2. The molecule has 0 unspecified atom stereocenters. The first-order chi connectivity index (χ1) is 12.3. The molecule has 2 heterocycles. The lowest BCUT2D eigenvalue weighted by Crippen LogP contribution is -2.21. The number of nitrogens with one attached hydrogen (secondary N) is 1. The molecule has 138 valence electrons. The minimum absolute atomic E-state index is 0.224. The number of sulfonamides is 1. The number of hydrogen-bond donors (Lipinski definition) is 1. The van der Waals surface area contributed by atoms with Crippen molar-refractivity contribution in [1.29, 1.82) is 0 Å². The van der Waals surface area contributed by atoms with Crippen LogP contribution in [0.15, 0.2) is 47.3 Å². The average Bonchev–Trinajstić information content (AvgIpc) is 3.00. The zero-order valence-corrected chi connectivity index (χ0v) is 16.0. The van der Waals surface area contributed by atoms with E-state index in [0.717, 1.165) is 46.9 Å². The molecule has 0 amide bonds. The molecule has 0 atom stereocenters. The van der Waals surface area contributed by atoms with Gasteiger partial charge in [0.1, 0.15) is 5.58 Å². The standard InChI is InChI=1S/C19H23N3O3S/c1-22(2)7-6-16-13-25-19-5-4-15(9-18(16)19)17-8-14(10-20-12-17)11-21-26(3,23)24/h4-5,8-10,12-13,21H,6-7,11H2,1-3H3. The Hall–Kier alpha value is -2.22. The van der Waals surface area contributed by atoms with Gasteiger partial charge in [-0.25, -0.2) is 13.1 Å². The van der Waals surface area contributed by atoms with E-state index in [-0.39, 0.29) is 6.54 Å². The molecule has 0 aliphatic carbocycles. The molecule has 0 saturated heterocycles. The third kappa shape index (κ3) is 4.69. The minimum atomic E-state index is -3.23. The number of fused-ring (bicyclic) bond motifs is 1. The second kappa shape index (κ2) is 7.57. The molecule has 0 spiro atoms. The summed E-state index contributed by atoms with van der Waals surface area (Å²) in [6.45, 7) is 1.18. The number of pyridine rings is 1. The fourth-order valence-electron chi connectivity index (χ4n) is 2.76. The van der Waals surface area contributed by atoms with Crippen molar-refractivity contribution in [3.05, 3.63) is 54.0 Å². The Morgan fingerprint density at radius 3 is 2.69 bits per heavy atom. The Labute approximate surface area is 153 Å². The van der Waals surface area contributed by atoms with E-state index in [1.165, 1.54) is 5.56 Å². The number of furan rings is 1. The molecule has 0 aliphatic heterocycles. The van der Waals surface area contributed by atoms with Crippen LogP contribution in [0.4, 0.5) is 0 Å². The van der Waals surface area contributed by atoms with E-state index in [1.54, 1.807) is 12.4 Å². The number of aromatic nitrogens is 1. The molecule has 0 bridgehead atoms. The molecule has 0 fully saturated rings. The van der Waals surface area contributed by atoms with Gasteiger partial charge in [-0.2, -0.15) is 0 Å². The van der Waals surface area contributed by atoms with Crippen LogP contribution in [-0.4, -0.2) is 45.2 Å². The third-order valence-electron chi connectivity index (χ3n) is 4.15. The third-order valence-corrected chi connectivity index (χ3v) is 4.82. The molecule has 7 heteroatoms. The summed E-state index contributed by atoms with van der Waals surface area (Å²) in [5.74, 6) is 0. The van der Waals surface area contributed by atoms with Crippen molar-refractivity contribution in [2.24, 2.45) is 0 Å². The summed E-state index contributed by atoms with van der Waals surface area (Å²) in [6, 6.07) is 8.01. The van der Waals surface area contributed by atoms with Crippen LogP contribution in [0.2, 0.25) is 0 Å². The maximum Gasteiger partial charge on any atom is 0.209 e. The Kier molecular flexibility index (Phi) is 5.41. The maximum absolute atomic E-state index is 11.3. The van der Waals surface area contributed by atoms with Gasteiger partial charge < -0.3 is 9.32 Å². The van der Waals surface area contributed by atoms with Crippen molar-refractivity contribution in [3.8, 4) is 11.1 Å². The topological polar surface area (TPSA) is 75.4 Å². The lowest BCUT2D eigenvalue weighted by Gasteiger charge is -2.08. The SMILES string of the molecule is CN(C)CCc1coc2ccc(-c3cncc(CNS(C)(=O)=O)c3)cc12. The zero-order chi connectivity index (χ0) is 18.7. The Morgan fingerprint density at radius 2 is 1.96 bits per heavy atom. The maximum atomic E-state index is 11.3. The molecule has 2 aromatic heterocycles. The zero-order valence-electron chi connectivity index (χ0n) is 15.2. The molecule has 1 N–H and O–H groups in total. The number of rotatable bonds is 7. The molecule has 3 aromatic rings. The van der Waals surface area contributed by atoms with Gasteiger partial charge in [-0.05, 0) is 55.4 Å². The second-order valence-corrected chi connectivity index (χ2v) is 8.53. The summed E-state index contributed by atoms with van der Waals surface area (Å²) in [4.78, 5) is 6.39. The van der Waals surface area contributed by atoms with Gasteiger partial charge in [-0.1, -0.05) is 6.07 Å². The molecule has 1 aromatic carbocycles. The van der Waals surface area contributed by atoms with Gasteiger partial charge in [-0.3, -0.25) is 4.98 Å². The van der Waals surface area contributed by atoms with Crippen molar-refractivity contribution in [1.82, 2.24) is 14.6 Å². The van der Waals surface area contributed by atoms with Gasteiger partial charge in [-0.15, -0.1) is 0 Å². The van der Waals surface area contributed by atoms with Crippen molar-refractivity contribution in [2.45, 2.75) is 13.0 Å². The van der Waals surface area contributed by atoms with Crippen molar-refractivity contribution in [2.75, 3.05) is 26.9 Å². The van der Waals surface area contributed by atoms with Crippen LogP contribution in [0.1, 0.15) is 11.1 Å². The van der Waals surface area contributed by atoms with E-state index in [1.807, 2.05) is 24.5 Å². The molecular formula is C19H23N3O3S. The quantitative estimate of drug-likeness (QED) is 0.689. The van der Waals surface area contributed by atoms with E-state index in [2.05, 4.69) is 34.8 Å². The smallest absolute Gasteiger partial charge is 0.209 e. The predicted molar refractivity (Wildman–Crippen MR) is 103 cm³/mol. The predicted octanol–water partition coefficient (Wildman–Crippen LogP) is 2.65. The van der Waals surface area contributed by atoms with Crippen LogP contribution in [0.25, 0.3) is 22.1 Å². The number of hydrogen-bond acceptors (Lipinski definition) is 5. The number of benzene rings is 1. The highest BCUT2D eigenvalue weighted by Gasteiger charge is 2.09. The first-order valence-electron chi connectivity index (χ1n) is 8.35. The number of nitrogens with zero attached hydrogens (tertiary/aromatic N) is 2. The van der Waals surface area contributed by atoms with Gasteiger partial charge >= 0.3 is 0 Å². The van der Waals surface area contributed by atoms with Crippen LogP contribution >= 0.6 is 0 Å². The van der Waals surface area contributed by atoms with Gasteiger partial charge in [0.25, 0.3) is 0 Å². The van der Waals surface area contributed by atoms with Crippen LogP contribution in [-0.2, 0) is 23.0 Å². The summed E-state index contributed by atoms with van der Waals surface area (Å²) in [5, 5.41) is 1.10. The molecule has 0 saturated carbocycles. The van der Waals surface area contributed by atoms with Gasteiger partial charge in [0.2, 0.25) is 10.0 Å². The lowest BCUT2D eigenvalue weighted by atomic mass is 10.0. The number of likely N-dealkylation sites (N-methyl/N-ethyl adjacent to an activating group) is 1. The second-order valence-electron chi connectivity index (χ2n) is 6.70. The Balaban J connectivity index is 1.89. The first kappa shape index (κ1) is 18.6. The lowest BCUT2D eigenvalue weighted by molar-refractivity contribution is 0.413. The van der Waals surface area contributed by atoms with Crippen LogP contribution in [0.3, 0.4) is 0 Å². The molecule has 0 aliphatic rings. The van der Waals surface area contributed by atoms with Crippen LogP contribution in [0.5, 0.6) is 0 Å². The van der Waals surface area contributed by atoms with Gasteiger partial charge in [0, 0.05) is 36.4 Å². The van der Waals surface area contributed by atoms with E-state index in [0.29, 0.717) is 0 Å². The van der Waals surface area contributed by atoms with Crippen LogP contribution in [0, 0.1) is 0 Å². The Morgan fingerprint density at radius 1 is 1.15 bits per heavy atom. The molecular weight excluding hydrogens is 350 g/mol. The highest BCUT2D eigenvalue weighted by molar-refractivity contribution is 7.88. The molecule has 6 nitrogen and oxygen atoms in total. The highest BCUT2D eigenvalue weighted by atomic mass is 32.2. The monoisotopic (exact) mass is 373 g/mol. The summed E-state index contributed by atoms with van der Waals surface area (Å²) in [6.07, 6.45) is 7.33. The highest BCUT2D eigenvalue weighted by Crippen LogP contribution is 2.28. The van der Waals surface area contributed by atoms with Crippen molar-refractivity contribution >= 4 is 21.0 Å². The largest absolute Gasteiger partial charge is 0.464 e. The summed E-state index contributed by atoms with van der Waals surface area (Å²) < 4.78 is 30.7. The fraction of sp³-hybridized carbons (Fsp3) is 0.316. The summed E-state index contributed by atoms with van der Waals surface area (Å²) in [7, 11) is 0.868. The van der Waals surface area contributed by atoms with Crippen molar-refractivity contribution < 1.29 is 12.8 Å². The van der Waals surface area contributed by atoms with Crippen LogP contribution < -0.4 is 4.72 Å². The van der Waals surface area contributed by atoms with E-state index >= 15 is 0 Å². The minimum Gasteiger partial charge on any atom is -0.464 e. The average molecular weight is 373 g/mol. The molecule has 26 heavy (non-hydrogen) atoms. The van der Waals surface area contributed by atoms with E-state index in [4.69, 9.17) is 4.42 Å². The first-order valence-corrected chi connectivity index (χ1v) is 10.2. The molecule has 3 rings (SSSR count). The van der Waals surface area contributed by atoms with Gasteiger partial charge in [0.15, 0.2) is 0 Å². The fourth-order valence-corrected chi connectivity index (χ4v) is 3.18.